The zero-order chi connectivity index (χ0) is 32.3. The van der Waals surface area contributed by atoms with E-state index in [1.165, 1.54) is 12.7 Å². The third-order valence-electron chi connectivity index (χ3n) is 7.84. The van der Waals surface area contributed by atoms with E-state index in [9.17, 15) is 5.26 Å². The normalized spacial score (nSPS) is 12.1. The van der Waals surface area contributed by atoms with Crippen LogP contribution in [-0.4, -0.2) is 49.0 Å². The van der Waals surface area contributed by atoms with Crippen LogP contribution in [-0.2, 0) is 36.7 Å². The number of aromatic nitrogens is 10. The van der Waals surface area contributed by atoms with E-state index in [2.05, 4.69) is 121 Å². The number of hydrogen-bond donors (Lipinski definition) is 0. The van der Waals surface area contributed by atoms with E-state index < -0.39 is 5.41 Å². The summed E-state index contributed by atoms with van der Waals surface area (Å²) in [5.74, 6) is 1.30. The Morgan fingerprint density at radius 1 is 0.717 bits per heavy atom. The second-order valence-electron chi connectivity index (χ2n) is 13.4. The fourth-order valence-corrected chi connectivity index (χ4v) is 4.94. The molecule has 0 fully saturated rings. The molecule has 46 heavy (non-hydrogen) atoms. The predicted octanol–water partition coefficient (Wildman–Crippen LogP) is 5.68. The summed E-state index contributed by atoms with van der Waals surface area (Å²) in [5, 5.41) is 9.54. The Morgan fingerprint density at radius 2 is 1.20 bits per heavy atom. The van der Waals surface area contributed by atoms with Crippen molar-refractivity contribution >= 4 is 28.1 Å². The minimum atomic E-state index is -0.692. The summed E-state index contributed by atoms with van der Waals surface area (Å²) in [6.07, 6.45) is 8.65. The number of hydrogen-bond acceptors (Lipinski definition) is 9. The molecule has 0 bridgehead atoms. The van der Waals surface area contributed by atoms with Gasteiger partial charge in [-0.05, 0) is 47.9 Å². The van der Waals surface area contributed by atoms with Crippen LogP contribution in [0.4, 0.5) is 5.82 Å². The van der Waals surface area contributed by atoms with E-state index in [1.807, 2.05) is 12.1 Å². The third kappa shape index (κ3) is 5.53. The van der Waals surface area contributed by atoms with Gasteiger partial charge in [-0.15, -0.1) is 4.98 Å². The van der Waals surface area contributed by atoms with E-state index >= 15 is 0 Å². The Hall–Kier alpha value is -4.96. The Bertz CT molecular complexity index is 2050. The first kappa shape index (κ1) is 32.4. The van der Waals surface area contributed by atoms with Crippen molar-refractivity contribution in [2.45, 2.75) is 71.6 Å². The average Bonchev–Trinajstić information content (AvgIpc) is 3.64. The van der Waals surface area contributed by atoms with Gasteiger partial charge in [0.05, 0.1) is 11.6 Å². The second-order valence-corrected chi connectivity index (χ2v) is 13.4. The fourth-order valence-electron chi connectivity index (χ4n) is 4.94. The Kier molecular flexibility index (Phi) is 8.07. The van der Waals surface area contributed by atoms with Crippen molar-refractivity contribution in [3.05, 3.63) is 89.2 Å². The van der Waals surface area contributed by atoms with Gasteiger partial charge in [0, 0.05) is 51.8 Å². The molecule has 6 aromatic heterocycles. The molecule has 0 aliphatic carbocycles. The van der Waals surface area contributed by atoms with E-state index in [1.54, 1.807) is 9.13 Å². The molecule has 0 aliphatic heterocycles. The fraction of sp³-hybridized carbons (Fsp3) is 0.333. The largest absolute Gasteiger partial charge is 2.00 e. The van der Waals surface area contributed by atoms with Crippen molar-refractivity contribution in [3.8, 4) is 17.7 Å². The van der Waals surface area contributed by atoms with Crippen molar-refractivity contribution in [2.75, 3.05) is 0 Å². The maximum absolute atomic E-state index is 9.54. The third-order valence-corrected chi connectivity index (χ3v) is 7.84. The van der Waals surface area contributed by atoms with Crippen molar-refractivity contribution in [3.63, 3.8) is 0 Å². The van der Waals surface area contributed by atoms with Crippen LogP contribution in [0.1, 0.15) is 83.6 Å². The van der Waals surface area contributed by atoms with Gasteiger partial charge in [-0.25, -0.2) is 4.98 Å². The van der Waals surface area contributed by atoms with Crippen LogP contribution in [0.3, 0.4) is 0 Å². The van der Waals surface area contributed by atoms with Crippen LogP contribution in [0.15, 0.2) is 36.9 Å². The molecular formula is C33H30N12Pd. The first-order valence-corrected chi connectivity index (χ1v) is 14.3. The van der Waals surface area contributed by atoms with Gasteiger partial charge in [-0.2, -0.15) is 5.26 Å². The number of nitriles is 1. The van der Waals surface area contributed by atoms with Gasteiger partial charge < -0.3 is 23.9 Å². The van der Waals surface area contributed by atoms with Gasteiger partial charge in [-0.1, -0.05) is 60.2 Å². The number of pyridine rings is 2. The first-order chi connectivity index (χ1) is 21.2. The summed E-state index contributed by atoms with van der Waals surface area (Å²) >= 11 is 0. The topological polar surface area (TPSA) is 141 Å². The smallest absolute Gasteiger partial charge is 0.397 e. The molecule has 0 atom stereocenters. The van der Waals surface area contributed by atoms with E-state index in [0.717, 1.165) is 22.5 Å². The summed E-state index contributed by atoms with van der Waals surface area (Å²) in [4.78, 5) is 39.3. The van der Waals surface area contributed by atoms with E-state index in [-0.39, 0.29) is 42.8 Å². The number of fused-ring (bicyclic) bond motifs is 2. The molecule has 232 valence electrons. The van der Waals surface area contributed by atoms with Crippen molar-refractivity contribution in [1.29, 1.82) is 5.26 Å². The zero-order valence-corrected chi connectivity index (χ0v) is 28.2. The minimum Gasteiger partial charge on any atom is -0.397 e. The molecule has 0 N–H and O–H groups in total. The summed E-state index contributed by atoms with van der Waals surface area (Å²) in [6.45, 7) is 24.5. The molecule has 13 heteroatoms. The quantitative estimate of drug-likeness (QED) is 0.168. The molecule has 0 saturated carbocycles. The van der Waals surface area contributed by atoms with Gasteiger partial charge in [0.1, 0.15) is 18.1 Å². The molecule has 0 amide bonds. The maximum Gasteiger partial charge on any atom is 2.00 e. The predicted molar refractivity (Wildman–Crippen MR) is 167 cm³/mol. The molecule has 6 aromatic rings. The van der Waals surface area contributed by atoms with Crippen LogP contribution in [0, 0.1) is 30.6 Å². The maximum atomic E-state index is 9.54. The van der Waals surface area contributed by atoms with Gasteiger partial charge in [0.15, 0.2) is 6.33 Å². The van der Waals surface area contributed by atoms with Gasteiger partial charge in [0.25, 0.3) is 0 Å². The molecule has 6 rings (SSSR count). The van der Waals surface area contributed by atoms with Crippen LogP contribution >= 0.6 is 0 Å². The molecule has 0 aliphatic rings. The number of imidazole rings is 2. The Morgan fingerprint density at radius 3 is 1.67 bits per heavy atom. The number of nitrogens with zero attached hydrogens (tertiary/aromatic N) is 12. The molecule has 0 spiro atoms. The van der Waals surface area contributed by atoms with E-state index in [4.69, 9.17) is 16.5 Å². The molecule has 0 aromatic carbocycles. The molecule has 0 unspecified atom stereocenters. The van der Waals surface area contributed by atoms with Gasteiger partial charge in [-0.3, -0.25) is 19.9 Å². The standard InChI is InChI=1S/C33H30N12.Pd/c1-31(2,3)19-10-22(42-24(12-19)44-17-40-26-21(14-34)36-15-38-29(26)44)33(7,8)23-11-20(32(4,5)6)13-25(43-23)45-18-41-27-28(35-9)37-16-39-30(27)45;/h10-13,15-16H,1-8H3;/q-2;+2. The average molecular weight is 701 g/mol. The second kappa shape index (κ2) is 11.4. The van der Waals surface area contributed by atoms with Crippen molar-refractivity contribution in [2.24, 2.45) is 0 Å². The molecular weight excluding hydrogens is 671 g/mol. The summed E-state index contributed by atoms with van der Waals surface area (Å²) in [7, 11) is 0. The van der Waals surface area contributed by atoms with Crippen LogP contribution in [0.2, 0.25) is 0 Å². The van der Waals surface area contributed by atoms with Gasteiger partial charge in [0.2, 0.25) is 5.82 Å². The Balaban J connectivity index is 0.00000417. The zero-order valence-electron chi connectivity index (χ0n) is 26.6. The van der Waals surface area contributed by atoms with Crippen molar-refractivity contribution < 1.29 is 20.4 Å². The molecule has 6 heterocycles. The Labute approximate surface area is 280 Å². The monoisotopic (exact) mass is 700 g/mol. The molecule has 12 nitrogen and oxygen atoms in total. The first-order valence-electron chi connectivity index (χ1n) is 14.3. The summed E-state index contributed by atoms with van der Waals surface area (Å²) in [6, 6.07) is 10.3. The van der Waals surface area contributed by atoms with Crippen molar-refractivity contribution in [1.82, 2.24) is 49.0 Å². The molecule has 0 saturated heterocycles. The molecule has 0 radical (unpaired) electrons. The summed E-state index contributed by atoms with van der Waals surface area (Å²) in [5.41, 5.74) is 4.32. The van der Waals surface area contributed by atoms with E-state index in [0.29, 0.717) is 34.0 Å². The minimum absolute atomic E-state index is 0. The SMILES string of the molecule is [C-]#[N+]c1ncnc2c1n[c-]n2-c1cc(C(C)(C)C)cc(C(C)(C)c2cc(C(C)(C)C)cc(-n3[c-]nc4c(C#N)ncnc43)n2)n1.[Pd+2]. The van der Waals surface area contributed by atoms with Crippen LogP contribution in [0.25, 0.3) is 38.8 Å². The van der Waals surface area contributed by atoms with Crippen LogP contribution in [0.5, 0.6) is 0 Å². The van der Waals surface area contributed by atoms with Gasteiger partial charge >= 0.3 is 20.4 Å². The number of rotatable bonds is 4. The summed E-state index contributed by atoms with van der Waals surface area (Å²) < 4.78 is 3.34. The van der Waals surface area contributed by atoms with Crippen LogP contribution < -0.4 is 0 Å².